The van der Waals surface area contributed by atoms with Crippen LogP contribution in [0.4, 0.5) is 14.6 Å². The molecule has 0 radical (unpaired) electrons. The van der Waals surface area contributed by atoms with Crippen molar-refractivity contribution >= 4 is 33.1 Å². The number of fused-ring (bicyclic) bond motifs is 5. The van der Waals surface area contributed by atoms with Gasteiger partial charge in [-0.05, 0) is 79.3 Å². The molecule has 12 heteroatoms. The number of rotatable bonds is 8. The summed E-state index contributed by atoms with van der Waals surface area (Å²) in [5.41, 5.74) is 5.75. The molecule has 1 amide bonds. The highest BCUT2D eigenvalue weighted by molar-refractivity contribution is 7.23. The number of halogens is 2. The topological polar surface area (TPSA) is 106 Å². The van der Waals surface area contributed by atoms with Crippen molar-refractivity contribution in [3.05, 3.63) is 106 Å². The third kappa shape index (κ3) is 4.87. The summed E-state index contributed by atoms with van der Waals surface area (Å²) in [4.78, 5) is 26.9. The highest BCUT2D eigenvalue weighted by Crippen LogP contribution is 2.51. The highest BCUT2D eigenvalue weighted by Gasteiger charge is 2.45. The van der Waals surface area contributed by atoms with Crippen molar-refractivity contribution in [2.24, 2.45) is 0 Å². The van der Waals surface area contributed by atoms with E-state index in [4.69, 9.17) is 19.1 Å². The number of thiophene rings is 1. The third-order valence-corrected chi connectivity index (χ3v) is 11.3. The molecule has 6 heterocycles. The molecule has 4 aromatic heterocycles. The van der Waals surface area contributed by atoms with Crippen LogP contribution in [0.2, 0.25) is 0 Å². The normalized spacial score (nSPS) is 17.8. The molecule has 3 aliphatic rings. The minimum Gasteiger partial charge on any atom is -0.493 e. The van der Waals surface area contributed by atoms with Gasteiger partial charge in [-0.15, -0.1) is 21.5 Å². The minimum absolute atomic E-state index is 0.0548. The van der Waals surface area contributed by atoms with Crippen molar-refractivity contribution in [2.45, 2.75) is 57.5 Å². The smallest absolute Gasteiger partial charge is 0.257 e. The monoisotopic (exact) mass is 690 g/mol. The molecule has 1 N–H and O–H groups in total. The molecular formula is C38H32F2N6O3S. The second-order valence-electron chi connectivity index (χ2n) is 13.0. The largest absolute Gasteiger partial charge is 0.493 e. The maximum Gasteiger partial charge on any atom is 0.257 e. The van der Waals surface area contributed by atoms with E-state index in [2.05, 4.69) is 21.6 Å². The van der Waals surface area contributed by atoms with Crippen LogP contribution in [-0.2, 0) is 19.3 Å². The Balaban J connectivity index is 1.20. The van der Waals surface area contributed by atoms with Crippen LogP contribution in [-0.4, -0.2) is 44.6 Å². The molecule has 1 aliphatic carbocycles. The molecule has 50 heavy (non-hydrogen) atoms. The lowest BCUT2D eigenvalue weighted by Gasteiger charge is -2.16. The number of hydrogen-bond acceptors (Lipinski definition) is 9. The number of aryl methyl sites for hydroxylation is 3. The zero-order chi connectivity index (χ0) is 34.1. The van der Waals surface area contributed by atoms with Gasteiger partial charge in [-0.3, -0.25) is 9.78 Å². The van der Waals surface area contributed by atoms with Crippen molar-refractivity contribution in [1.29, 1.82) is 0 Å². The van der Waals surface area contributed by atoms with Crippen molar-refractivity contribution < 1.29 is 22.7 Å². The number of anilines is 1. The molecule has 2 aromatic carbocycles. The van der Waals surface area contributed by atoms with Gasteiger partial charge in [-0.2, -0.15) is 0 Å². The number of carbonyl (C=O) groups excluding carboxylic acids is 1. The van der Waals surface area contributed by atoms with Crippen molar-refractivity contribution in [1.82, 2.24) is 25.1 Å². The second kappa shape index (κ2) is 12.0. The lowest BCUT2D eigenvalue weighted by atomic mass is 9.93. The summed E-state index contributed by atoms with van der Waals surface area (Å²) in [5.74, 6) is 0.964. The van der Waals surface area contributed by atoms with E-state index in [1.165, 1.54) is 30.6 Å². The fourth-order valence-corrected chi connectivity index (χ4v) is 9.09. The first-order valence-electron chi connectivity index (χ1n) is 16.8. The third-order valence-electron chi connectivity index (χ3n) is 10.2. The molecule has 252 valence electrons. The van der Waals surface area contributed by atoms with E-state index < -0.39 is 0 Å². The average molecular weight is 691 g/mol. The Bertz CT molecular complexity index is 2340. The van der Waals surface area contributed by atoms with E-state index in [-0.39, 0.29) is 35.5 Å². The molecule has 0 bridgehead atoms. The van der Waals surface area contributed by atoms with Crippen LogP contribution < -0.4 is 10.1 Å². The molecule has 9 nitrogen and oxygen atoms in total. The number of benzene rings is 2. The van der Waals surface area contributed by atoms with E-state index in [0.29, 0.717) is 71.2 Å². The number of hydrogen-bond donors (Lipinski definition) is 1. The molecule has 1 saturated heterocycles. The van der Waals surface area contributed by atoms with Crippen LogP contribution in [0.25, 0.3) is 32.0 Å². The van der Waals surface area contributed by atoms with E-state index >= 15 is 0 Å². The average Bonchev–Trinajstić information content (AvgIpc) is 3.95. The Morgan fingerprint density at radius 3 is 2.74 bits per heavy atom. The summed E-state index contributed by atoms with van der Waals surface area (Å²) in [6, 6.07) is 13.9. The molecule has 9 rings (SSSR count). The number of aromatic nitrogens is 4. The Labute approximate surface area is 290 Å². The lowest BCUT2D eigenvalue weighted by Crippen LogP contribution is -2.22. The van der Waals surface area contributed by atoms with Gasteiger partial charge in [0.05, 0.1) is 46.4 Å². The number of nitrogens with zero attached hydrogens (tertiary/aromatic N) is 5. The second-order valence-corrected chi connectivity index (χ2v) is 14.1. The maximum atomic E-state index is 14.8. The van der Waals surface area contributed by atoms with Gasteiger partial charge in [0.2, 0.25) is 11.8 Å². The zero-order valence-electron chi connectivity index (χ0n) is 27.4. The predicted molar refractivity (Wildman–Crippen MR) is 185 cm³/mol. The quantitative estimate of drug-likeness (QED) is 0.171. The van der Waals surface area contributed by atoms with Crippen LogP contribution in [0.1, 0.15) is 75.7 Å². The fraction of sp³-hybridized carbons (Fsp3) is 0.289. The summed E-state index contributed by atoms with van der Waals surface area (Å²) in [6.45, 7) is 2.40. The molecule has 6 aromatic rings. The number of carbonyl (C=O) groups is 1. The Morgan fingerprint density at radius 2 is 1.92 bits per heavy atom. The highest BCUT2D eigenvalue weighted by atomic mass is 32.1. The number of pyridine rings is 2. The van der Waals surface area contributed by atoms with E-state index in [0.717, 1.165) is 51.0 Å². The van der Waals surface area contributed by atoms with Gasteiger partial charge in [0.1, 0.15) is 11.6 Å². The predicted octanol–water partition coefficient (Wildman–Crippen LogP) is 8.18. The molecule has 0 spiro atoms. The Hall–Kier alpha value is -5.23. The van der Waals surface area contributed by atoms with Crippen molar-refractivity contribution in [3.63, 3.8) is 0 Å². The number of amides is 1. The Morgan fingerprint density at radius 1 is 1.04 bits per heavy atom. The standard InChI is InChI=1S/C38H32F2N6O3S/c1-19-44-45-37(49-19)30-27(13-9-20-6-3-4-7-24(20)39)42-33-28-8-5-17-46(28)38(47)32(33)31(30)29-18-21-15-16-41-36(35(21)50-29)43-26-14-11-23-22(26)10-12-25(40)34(23)48-2/h3-4,6-7,10,12,15-16,18,26,28H,5,8-9,11,13-14,17H2,1-2H3,(H,41,43). The first-order valence-corrected chi connectivity index (χ1v) is 17.6. The Kier molecular flexibility index (Phi) is 7.38. The summed E-state index contributed by atoms with van der Waals surface area (Å²) >= 11 is 1.53. The van der Waals surface area contributed by atoms with Gasteiger partial charge in [0.15, 0.2) is 11.6 Å². The first kappa shape index (κ1) is 30.8. The number of methoxy groups -OCH3 is 1. The summed E-state index contributed by atoms with van der Waals surface area (Å²) < 4.78 is 41.7. The van der Waals surface area contributed by atoms with Crippen molar-refractivity contribution in [3.8, 4) is 27.6 Å². The number of ether oxygens (including phenoxy) is 1. The van der Waals surface area contributed by atoms with Crippen LogP contribution in [0.3, 0.4) is 0 Å². The van der Waals surface area contributed by atoms with Gasteiger partial charge in [-0.1, -0.05) is 24.3 Å². The fourth-order valence-electron chi connectivity index (χ4n) is 7.93. The number of nitrogens with one attached hydrogen (secondary N) is 1. The van der Waals surface area contributed by atoms with E-state index in [1.54, 1.807) is 25.3 Å². The van der Waals surface area contributed by atoms with Crippen molar-refractivity contribution in [2.75, 3.05) is 19.0 Å². The molecule has 2 aliphatic heterocycles. The van der Waals surface area contributed by atoms with Crippen LogP contribution in [0.5, 0.6) is 5.75 Å². The summed E-state index contributed by atoms with van der Waals surface area (Å²) in [7, 11) is 1.49. The molecule has 2 atom stereocenters. The first-order chi connectivity index (χ1) is 24.4. The van der Waals surface area contributed by atoms with Gasteiger partial charge in [0.25, 0.3) is 5.91 Å². The van der Waals surface area contributed by atoms with Crippen LogP contribution >= 0.6 is 11.3 Å². The van der Waals surface area contributed by atoms with Gasteiger partial charge in [0, 0.05) is 35.7 Å². The lowest BCUT2D eigenvalue weighted by molar-refractivity contribution is 0.0776. The minimum atomic E-state index is -0.365. The van der Waals surface area contributed by atoms with E-state index in [9.17, 15) is 13.6 Å². The summed E-state index contributed by atoms with van der Waals surface area (Å²) in [6.07, 6.45) is 5.77. The molecule has 0 saturated carbocycles. The summed E-state index contributed by atoms with van der Waals surface area (Å²) in [5, 5.41) is 13.2. The van der Waals surface area contributed by atoms with Crippen LogP contribution in [0, 0.1) is 18.6 Å². The molecule has 2 unspecified atom stereocenters. The van der Waals surface area contributed by atoms with Gasteiger partial charge >= 0.3 is 0 Å². The SMILES string of the molecule is COc1c(F)ccc2c1CCC2Nc1nccc2cc(-c3c4c(nc(CCc5ccccc5F)c3-c3nnc(C)o3)C3CCCN3C4=O)sc12. The van der Waals surface area contributed by atoms with Crippen LogP contribution in [0.15, 0.2) is 59.1 Å². The van der Waals surface area contributed by atoms with E-state index in [1.807, 2.05) is 23.1 Å². The zero-order valence-corrected chi connectivity index (χ0v) is 28.2. The molecule has 1 fully saturated rings. The van der Waals surface area contributed by atoms with Gasteiger partial charge in [-0.25, -0.2) is 13.8 Å². The van der Waals surface area contributed by atoms with Gasteiger partial charge < -0.3 is 19.4 Å². The molecular weight excluding hydrogens is 659 g/mol. The maximum absolute atomic E-state index is 14.8.